The Kier molecular flexibility index (Phi) is 5.47. The summed E-state index contributed by atoms with van der Waals surface area (Å²) in [5, 5.41) is 22.8. The molecule has 2 N–H and O–H groups in total. The van der Waals surface area contributed by atoms with E-state index in [1.54, 1.807) is 25.0 Å². The van der Waals surface area contributed by atoms with Gasteiger partial charge >= 0.3 is 0 Å². The summed E-state index contributed by atoms with van der Waals surface area (Å²) >= 11 is 7.74. The smallest absolute Gasteiger partial charge is 0.218 e. The van der Waals surface area contributed by atoms with Crippen LogP contribution < -0.4 is 14.8 Å². The Labute approximate surface area is 174 Å². The Balaban J connectivity index is 1.67. The van der Waals surface area contributed by atoms with E-state index in [4.69, 9.17) is 21.1 Å². The maximum atomic E-state index is 9.23. The summed E-state index contributed by atoms with van der Waals surface area (Å²) in [7, 11) is 3.22. The van der Waals surface area contributed by atoms with Gasteiger partial charge in [0.15, 0.2) is 5.65 Å². The number of halogens is 1. The van der Waals surface area contributed by atoms with Gasteiger partial charge in [0.05, 0.1) is 31.2 Å². The van der Waals surface area contributed by atoms with Crippen LogP contribution in [0.25, 0.3) is 16.2 Å². The molecule has 0 aliphatic heterocycles. The van der Waals surface area contributed by atoms with Gasteiger partial charge in [0, 0.05) is 24.4 Å². The van der Waals surface area contributed by atoms with Crippen molar-refractivity contribution < 1.29 is 14.6 Å². The normalized spacial score (nSPS) is 11.0. The van der Waals surface area contributed by atoms with Gasteiger partial charge in [-0.1, -0.05) is 22.9 Å². The van der Waals surface area contributed by atoms with Gasteiger partial charge in [0.1, 0.15) is 28.7 Å². The van der Waals surface area contributed by atoms with Crippen LogP contribution in [0, 0.1) is 0 Å². The maximum absolute atomic E-state index is 9.23. The summed E-state index contributed by atoms with van der Waals surface area (Å²) in [4.78, 5) is 8.69. The monoisotopic (exact) mass is 432 g/mol. The molecule has 11 heteroatoms. The number of benzene rings is 1. The molecule has 0 atom stereocenters. The summed E-state index contributed by atoms with van der Waals surface area (Å²) in [5.41, 5.74) is 1.53. The molecule has 9 nitrogen and oxygen atoms in total. The summed E-state index contributed by atoms with van der Waals surface area (Å²) in [5.74, 6) is 2.01. The fourth-order valence-corrected chi connectivity index (χ4v) is 3.83. The molecule has 1 aromatic carbocycles. The van der Waals surface area contributed by atoms with E-state index in [-0.39, 0.29) is 6.61 Å². The number of aliphatic hydroxyl groups excluding tert-OH is 1. The van der Waals surface area contributed by atoms with Crippen molar-refractivity contribution in [2.24, 2.45) is 0 Å². The van der Waals surface area contributed by atoms with Crippen LogP contribution in [-0.4, -0.2) is 44.1 Å². The molecule has 0 fully saturated rings. The molecule has 0 bridgehead atoms. The second-order valence-electron chi connectivity index (χ2n) is 5.94. The van der Waals surface area contributed by atoms with Crippen LogP contribution in [0.3, 0.4) is 0 Å². The molecule has 3 aromatic heterocycles. The van der Waals surface area contributed by atoms with Crippen LogP contribution in [0.15, 0.2) is 30.7 Å². The van der Waals surface area contributed by atoms with Gasteiger partial charge < -0.3 is 19.9 Å². The fourth-order valence-electron chi connectivity index (χ4n) is 2.88. The average Bonchev–Trinajstić information content (AvgIpc) is 3.37. The molecule has 0 aliphatic carbocycles. The molecule has 29 heavy (non-hydrogen) atoms. The third kappa shape index (κ3) is 3.69. The first-order chi connectivity index (χ1) is 14.1. The van der Waals surface area contributed by atoms with Gasteiger partial charge in [-0.3, -0.25) is 4.57 Å². The molecule has 0 amide bonds. The molecular weight excluding hydrogens is 416 g/mol. The van der Waals surface area contributed by atoms with Crippen LogP contribution in [0.2, 0.25) is 5.02 Å². The number of rotatable bonds is 7. The van der Waals surface area contributed by atoms with E-state index in [0.29, 0.717) is 44.3 Å². The van der Waals surface area contributed by atoms with E-state index >= 15 is 0 Å². The molecule has 3 heterocycles. The van der Waals surface area contributed by atoms with Crippen LogP contribution in [0.4, 0.5) is 5.82 Å². The lowest BCUT2D eigenvalue weighted by Crippen LogP contribution is -2.04. The number of ether oxygens (including phenoxy) is 2. The number of anilines is 1. The van der Waals surface area contributed by atoms with Crippen LogP contribution >= 0.6 is 22.9 Å². The number of nitrogens with one attached hydrogen (secondary N) is 1. The second kappa shape index (κ2) is 8.19. The molecule has 0 aliphatic rings. The van der Waals surface area contributed by atoms with Crippen molar-refractivity contribution in [2.75, 3.05) is 19.5 Å². The second-order valence-corrected chi connectivity index (χ2v) is 7.38. The summed E-state index contributed by atoms with van der Waals surface area (Å²) in [6, 6.07) is 5.62. The number of aromatic nitrogens is 5. The van der Waals surface area contributed by atoms with Crippen molar-refractivity contribution >= 4 is 39.8 Å². The molecule has 0 radical (unpaired) electrons. The number of hydrogen-bond acceptors (Lipinski definition) is 9. The first-order valence-electron chi connectivity index (χ1n) is 8.54. The lowest BCUT2D eigenvalue weighted by atomic mass is 10.2. The lowest BCUT2D eigenvalue weighted by molar-refractivity contribution is 0.280. The SMILES string of the molecule is COc1ccc(CNc2ncnc3c2c(Cl)cn3-c2nnc(CO)s2)c(OC)c1. The topological polar surface area (TPSA) is 107 Å². The predicted octanol–water partition coefficient (Wildman–Crippen LogP) is 3.05. The van der Waals surface area contributed by atoms with Crippen molar-refractivity contribution in [2.45, 2.75) is 13.2 Å². The largest absolute Gasteiger partial charge is 0.497 e. The Morgan fingerprint density at radius 2 is 2.07 bits per heavy atom. The van der Waals surface area contributed by atoms with Crippen molar-refractivity contribution in [1.82, 2.24) is 24.7 Å². The van der Waals surface area contributed by atoms with Crippen LogP contribution in [-0.2, 0) is 13.2 Å². The quantitative estimate of drug-likeness (QED) is 0.459. The highest BCUT2D eigenvalue weighted by molar-refractivity contribution is 7.13. The summed E-state index contributed by atoms with van der Waals surface area (Å²) < 4.78 is 12.4. The fraction of sp³-hybridized carbons (Fsp3) is 0.222. The van der Waals surface area contributed by atoms with E-state index in [0.717, 1.165) is 11.3 Å². The minimum Gasteiger partial charge on any atom is -0.497 e. The van der Waals surface area contributed by atoms with E-state index in [1.165, 1.54) is 17.7 Å². The zero-order valence-corrected chi connectivity index (χ0v) is 17.2. The van der Waals surface area contributed by atoms with Gasteiger partial charge in [0.2, 0.25) is 5.13 Å². The van der Waals surface area contributed by atoms with Gasteiger partial charge in [0.25, 0.3) is 0 Å². The molecule has 4 aromatic rings. The number of fused-ring (bicyclic) bond motifs is 1. The third-order valence-electron chi connectivity index (χ3n) is 4.27. The van der Waals surface area contributed by atoms with Gasteiger partial charge in [-0.05, 0) is 12.1 Å². The predicted molar refractivity (Wildman–Crippen MR) is 110 cm³/mol. The third-order valence-corrected chi connectivity index (χ3v) is 5.47. The Morgan fingerprint density at radius 3 is 2.79 bits per heavy atom. The number of nitrogens with zero attached hydrogens (tertiary/aromatic N) is 5. The Bertz CT molecular complexity index is 1160. The minimum absolute atomic E-state index is 0.171. The highest BCUT2D eigenvalue weighted by Crippen LogP contribution is 2.33. The molecule has 0 saturated heterocycles. The molecule has 150 valence electrons. The van der Waals surface area contributed by atoms with Crippen molar-refractivity contribution in [3.63, 3.8) is 0 Å². The first-order valence-corrected chi connectivity index (χ1v) is 9.74. The van der Waals surface area contributed by atoms with Crippen LogP contribution in [0.1, 0.15) is 10.6 Å². The molecule has 0 saturated carbocycles. The Hall–Kier alpha value is -2.95. The minimum atomic E-state index is -0.171. The number of aliphatic hydroxyl groups is 1. The van der Waals surface area contributed by atoms with Gasteiger partial charge in [-0.2, -0.15) is 0 Å². The van der Waals surface area contributed by atoms with Crippen molar-refractivity contribution in [1.29, 1.82) is 0 Å². The highest BCUT2D eigenvalue weighted by Gasteiger charge is 2.17. The zero-order valence-electron chi connectivity index (χ0n) is 15.6. The number of hydrogen-bond donors (Lipinski definition) is 2. The van der Waals surface area contributed by atoms with E-state index in [1.807, 2.05) is 18.2 Å². The standard InChI is InChI=1S/C18H17ClN6O3S/c1-27-11-4-3-10(13(5-11)28-2)6-20-16-15-12(19)7-25(17(15)22-9-21-16)18-24-23-14(8-26)29-18/h3-5,7,9,26H,6,8H2,1-2H3,(H,20,21,22). The lowest BCUT2D eigenvalue weighted by Gasteiger charge is -2.12. The highest BCUT2D eigenvalue weighted by atomic mass is 35.5. The van der Waals surface area contributed by atoms with Crippen molar-refractivity contribution in [3.05, 3.63) is 46.3 Å². The van der Waals surface area contributed by atoms with E-state index in [2.05, 4.69) is 25.5 Å². The Morgan fingerprint density at radius 1 is 1.21 bits per heavy atom. The molecule has 0 spiro atoms. The van der Waals surface area contributed by atoms with Gasteiger partial charge in [-0.25, -0.2) is 9.97 Å². The summed E-state index contributed by atoms with van der Waals surface area (Å²) in [6.07, 6.45) is 3.17. The summed E-state index contributed by atoms with van der Waals surface area (Å²) in [6.45, 7) is 0.296. The van der Waals surface area contributed by atoms with Gasteiger partial charge in [-0.15, -0.1) is 10.2 Å². The zero-order chi connectivity index (χ0) is 20.4. The molecular formula is C18H17ClN6O3S. The molecule has 4 rings (SSSR count). The molecule has 0 unspecified atom stereocenters. The van der Waals surface area contributed by atoms with E-state index in [9.17, 15) is 5.11 Å². The first kappa shape index (κ1) is 19.4. The number of methoxy groups -OCH3 is 2. The van der Waals surface area contributed by atoms with Crippen molar-refractivity contribution in [3.8, 4) is 16.6 Å². The average molecular weight is 433 g/mol. The van der Waals surface area contributed by atoms with E-state index < -0.39 is 0 Å². The maximum Gasteiger partial charge on any atom is 0.218 e. The van der Waals surface area contributed by atoms with Crippen LogP contribution in [0.5, 0.6) is 11.5 Å².